The summed E-state index contributed by atoms with van der Waals surface area (Å²) in [5.74, 6) is -0.649. The van der Waals surface area contributed by atoms with Crippen molar-refractivity contribution >= 4 is 17.4 Å². The van der Waals surface area contributed by atoms with Crippen molar-refractivity contribution in [1.29, 1.82) is 0 Å². The fraction of sp³-hybridized carbons (Fsp3) is 0.400. The van der Waals surface area contributed by atoms with Crippen molar-refractivity contribution in [3.8, 4) is 0 Å². The molecule has 0 aliphatic rings. The largest absolute Gasteiger partial charge is 0.397 e. The van der Waals surface area contributed by atoms with Gasteiger partial charge in [0.15, 0.2) is 0 Å². The number of aliphatic hydroxyl groups excluding tert-OH is 1. The van der Waals surface area contributed by atoms with Gasteiger partial charge in [0.25, 0.3) is 12.3 Å². The fourth-order valence-corrected chi connectivity index (χ4v) is 1.43. The minimum atomic E-state index is -2.59. The zero-order chi connectivity index (χ0) is 13.7. The van der Waals surface area contributed by atoms with Crippen molar-refractivity contribution in [3.63, 3.8) is 0 Å². The molecule has 5 N–H and O–H groups in total. The molecule has 0 aromatic carbocycles. The van der Waals surface area contributed by atoms with Crippen molar-refractivity contribution in [2.75, 3.05) is 30.3 Å². The van der Waals surface area contributed by atoms with E-state index in [9.17, 15) is 13.6 Å². The highest BCUT2D eigenvalue weighted by atomic mass is 19.3. The van der Waals surface area contributed by atoms with Crippen LogP contribution in [-0.2, 0) is 0 Å². The molecule has 0 saturated carbocycles. The Morgan fingerprint density at radius 1 is 1.56 bits per heavy atom. The van der Waals surface area contributed by atoms with Crippen molar-refractivity contribution in [2.45, 2.75) is 6.43 Å². The molecule has 0 aliphatic carbocycles. The van der Waals surface area contributed by atoms with Gasteiger partial charge >= 0.3 is 0 Å². The number of pyridine rings is 1. The lowest BCUT2D eigenvalue weighted by Gasteiger charge is -2.22. The molecule has 0 bridgehead atoms. The van der Waals surface area contributed by atoms with Gasteiger partial charge in [-0.15, -0.1) is 0 Å². The molecule has 6 nitrogen and oxygen atoms in total. The first kappa shape index (κ1) is 14.1. The van der Waals surface area contributed by atoms with E-state index in [0.717, 1.165) is 4.90 Å². The van der Waals surface area contributed by atoms with E-state index in [1.165, 1.54) is 12.3 Å². The van der Waals surface area contributed by atoms with Gasteiger partial charge in [0, 0.05) is 6.54 Å². The van der Waals surface area contributed by atoms with Crippen LogP contribution >= 0.6 is 0 Å². The van der Waals surface area contributed by atoms with Crippen LogP contribution in [0.2, 0.25) is 0 Å². The SMILES string of the molecule is NC(=O)c1cc(N(CCO)CC(F)F)ncc1N. The third-order valence-electron chi connectivity index (χ3n) is 2.24. The highest BCUT2D eigenvalue weighted by molar-refractivity contribution is 5.98. The van der Waals surface area contributed by atoms with Crippen LogP contribution in [0.15, 0.2) is 12.3 Å². The average Bonchev–Trinajstić information content (AvgIpc) is 2.28. The van der Waals surface area contributed by atoms with E-state index in [0.29, 0.717) is 0 Å². The molecule has 1 rings (SSSR count). The van der Waals surface area contributed by atoms with E-state index in [-0.39, 0.29) is 30.2 Å². The zero-order valence-corrected chi connectivity index (χ0v) is 9.51. The average molecular weight is 260 g/mol. The van der Waals surface area contributed by atoms with Gasteiger partial charge in [-0.1, -0.05) is 0 Å². The summed E-state index contributed by atoms with van der Waals surface area (Å²) < 4.78 is 24.7. The first-order valence-electron chi connectivity index (χ1n) is 5.15. The summed E-state index contributed by atoms with van der Waals surface area (Å²) in [6, 6.07) is 1.23. The minimum absolute atomic E-state index is 0.0113. The Hall–Kier alpha value is -1.96. The lowest BCUT2D eigenvalue weighted by Crippen LogP contribution is -2.32. The highest BCUT2D eigenvalue weighted by Gasteiger charge is 2.16. The van der Waals surface area contributed by atoms with Crippen molar-refractivity contribution in [2.24, 2.45) is 5.73 Å². The molecule has 0 saturated heterocycles. The molecule has 1 aromatic rings. The summed E-state index contributed by atoms with van der Waals surface area (Å²) in [6.45, 7) is -0.945. The van der Waals surface area contributed by atoms with Gasteiger partial charge in [0.2, 0.25) is 0 Å². The quantitative estimate of drug-likeness (QED) is 0.658. The number of amides is 1. The van der Waals surface area contributed by atoms with E-state index in [1.807, 2.05) is 0 Å². The second kappa shape index (κ2) is 6.10. The monoisotopic (exact) mass is 260 g/mol. The van der Waals surface area contributed by atoms with E-state index >= 15 is 0 Å². The molecule has 0 unspecified atom stereocenters. The summed E-state index contributed by atoms with van der Waals surface area (Å²) in [4.78, 5) is 16.1. The lowest BCUT2D eigenvalue weighted by molar-refractivity contribution is 0.100. The Morgan fingerprint density at radius 3 is 2.72 bits per heavy atom. The number of nitrogens with zero attached hydrogens (tertiary/aromatic N) is 2. The Balaban J connectivity index is 3.04. The molecule has 0 fully saturated rings. The Kier molecular flexibility index (Phi) is 4.78. The number of hydrogen-bond donors (Lipinski definition) is 3. The maximum absolute atomic E-state index is 12.4. The van der Waals surface area contributed by atoms with Crippen LogP contribution in [0.5, 0.6) is 0 Å². The van der Waals surface area contributed by atoms with Gasteiger partial charge in [-0.3, -0.25) is 4.79 Å². The van der Waals surface area contributed by atoms with Crippen LogP contribution in [0.1, 0.15) is 10.4 Å². The maximum Gasteiger partial charge on any atom is 0.255 e. The second-order valence-electron chi connectivity index (χ2n) is 3.55. The summed E-state index contributed by atoms with van der Waals surface area (Å²) in [5, 5.41) is 8.81. The van der Waals surface area contributed by atoms with Crippen LogP contribution in [-0.4, -0.2) is 42.1 Å². The van der Waals surface area contributed by atoms with E-state index < -0.39 is 18.9 Å². The van der Waals surface area contributed by atoms with Crippen LogP contribution in [0.25, 0.3) is 0 Å². The standard InChI is InChI=1S/C10H14F2N4O2/c11-8(12)5-16(1-2-17)9-3-6(10(14)18)7(13)4-15-9/h3-4,8,17H,1-2,5,13H2,(H2,14,18). The number of carbonyl (C=O) groups excluding carboxylic acids is 1. The third-order valence-corrected chi connectivity index (χ3v) is 2.24. The number of hydrogen-bond acceptors (Lipinski definition) is 5. The van der Waals surface area contributed by atoms with E-state index in [1.54, 1.807) is 0 Å². The first-order valence-corrected chi connectivity index (χ1v) is 5.15. The Bertz CT molecular complexity index is 428. The molecular weight excluding hydrogens is 246 g/mol. The summed E-state index contributed by atoms with van der Waals surface area (Å²) in [7, 11) is 0. The Labute approximate surface area is 102 Å². The normalized spacial score (nSPS) is 10.7. The molecule has 0 atom stereocenters. The van der Waals surface area contributed by atoms with Gasteiger partial charge in [-0.25, -0.2) is 13.8 Å². The van der Waals surface area contributed by atoms with Gasteiger partial charge in [-0.05, 0) is 6.07 Å². The minimum Gasteiger partial charge on any atom is -0.397 e. The number of aliphatic hydroxyl groups is 1. The molecule has 0 aliphatic heterocycles. The third kappa shape index (κ3) is 3.52. The lowest BCUT2D eigenvalue weighted by atomic mass is 10.2. The molecule has 18 heavy (non-hydrogen) atoms. The molecular formula is C10H14F2N4O2. The number of primary amides is 1. The molecule has 1 heterocycles. The molecule has 8 heteroatoms. The molecule has 0 spiro atoms. The number of alkyl halides is 2. The molecule has 1 aromatic heterocycles. The van der Waals surface area contributed by atoms with Gasteiger partial charge < -0.3 is 21.5 Å². The second-order valence-corrected chi connectivity index (χ2v) is 3.55. The van der Waals surface area contributed by atoms with Crippen LogP contribution in [0.4, 0.5) is 20.3 Å². The zero-order valence-electron chi connectivity index (χ0n) is 9.51. The topological polar surface area (TPSA) is 105 Å². The number of halogens is 2. The molecule has 100 valence electrons. The molecule has 1 amide bonds. The number of nitrogens with two attached hydrogens (primary N) is 2. The number of rotatable bonds is 6. The van der Waals surface area contributed by atoms with Gasteiger partial charge in [0.05, 0.1) is 30.6 Å². The molecule has 0 radical (unpaired) electrons. The summed E-state index contributed by atoms with van der Waals surface area (Å²) in [5.41, 5.74) is 10.7. The number of carbonyl (C=O) groups is 1. The number of nitrogen functional groups attached to an aromatic ring is 1. The summed E-state index contributed by atoms with van der Waals surface area (Å²) >= 11 is 0. The van der Waals surface area contributed by atoms with E-state index in [4.69, 9.17) is 16.6 Å². The smallest absolute Gasteiger partial charge is 0.255 e. The number of aromatic nitrogens is 1. The fourth-order valence-electron chi connectivity index (χ4n) is 1.43. The summed E-state index contributed by atoms with van der Waals surface area (Å²) in [6.07, 6.45) is -1.42. The predicted octanol–water partition coefficient (Wildman–Crippen LogP) is -0.174. The first-order chi connectivity index (χ1) is 8.45. The highest BCUT2D eigenvalue weighted by Crippen LogP contribution is 2.18. The van der Waals surface area contributed by atoms with E-state index in [2.05, 4.69) is 4.98 Å². The maximum atomic E-state index is 12.4. The van der Waals surface area contributed by atoms with Crippen LogP contribution in [0, 0.1) is 0 Å². The van der Waals surface area contributed by atoms with Crippen LogP contribution < -0.4 is 16.4 Å². The predicted molar refractivity (Wildman–Crippen MR) is 62.5 cm³/mol. The van der Waals surface area contributed by atoms with Crippen molar-refractivity contribution < 1.29 is 18.7 Å². The van der Waals surface area contributed by atoms with Gasteiger partial charge in [0.1, 0.15) is 5.82 Å². The Morgan fingerprint density at radius 2 is 2.22 bits per heavy atom. The van der Waals surface area contributed by atoms with Crippen LogP contribution in [0.3, 0.4) is 0 Å². The van der Waals surface area contributed by atoms with Crippen molar-refractivity contribution in [1.82, 2.24) is 4.98 Å². The van der Waals surface area contributed by atoms with Gasteiger partial charge in [-0.2, -0.15) is 0 Å². The van der Waals surface area contributed by atoms with Crippen molar-refractivity contribution in [3.05, 3.63) is 17.8 Å². The number of anilines is 2.